The molecular weight excluding hydrogens is 398 g/mol. The molecule has 0 radical (unpaired) electrons. The van der Waals surface area contributed by atoms with Crippen LogP contribution in [0.25, 0.3) is 0 Å². The molecule has 1 saturated heterocycles. The molecule has 0 atom stereocenters. The van der Waals surface area contributed by atoms with Gasteiger partial charge in [-0.1, -0.05) is 60.7 Å². The van der Waals surface area contributed by atoms with E-state index in [9.17, 15) is 9.90 Å². The molecule has 0 aliphatic carbocycles. The number of anilines is 2. The molecule has 3 aromatic rings. The number of hydrogen-bond acceptors (Lipinski definition) is 3. The van der Waals surface area contributed by atoms with Gasteiger partial charge in [0.25, 0.3) is 0 Å². The van der Waals surface area contributed by atoms with E-state index in [2.05, 4.69) is 96.4 Å². The van der Waals surface area contributed by atoms with Crippen molar-refractivity contribution in [1.82, 2.24) is 4.90 Å². The molecule has 0 saturated carbocycles. The summed E-state index contributed by atoms with van der Waals surface area (Å²) in [4.78, 5) is 17.5. The van der Waals surface area contributed by atoms with Crippen molar-refractivity contribution in [2.75, 3.05) is 36.0 Å². The number of carboxylic acid groups (broad SMARTS) is 1. The molecule has 0 bridgehead atoms. The van der Waals surface area contributed by atoms with Gasteiger partial charge in [0, 0.05) is 50.6 Å². The maximum Gasteiger partial charge on any atom is 0.407 e. The molecule has 0 aromatic heterocycles. The molecule has 3 aromatic carbocycles. The van der Waals surface area contributed by atoms with E-state index in [1.54, 1.807) is 0 Å². The van der Waals surface area contributed by atoms with E-state index in [-0.39, 0.29) is 0 Å². The van der Waals surface area contributed by atoms with Crippen LogP contribution in [0.15, 0.2) is 72.8 Å². The minimum Gasteiger partial charge on any atom is -0.465 e. The minimum absolute atomic E-state index is 0.545. The van der Waals surface area contributed by atoms with E-state index in [1.807, 2.05) is 0 Å². The summed E-state index contributed by atoms with van der Waals surface area (Å²) in [6.07, 6.45) is -0.828. The Morgan fingerprint density at radius 2 is 1.31 bits per heavy atom. The summed E-state index contributed by atoms with van der Waals surface area (Å²) in [7, 11) is 0. The summed E-state index contributed by atoms with van der Waals surface area (Å²) in [6, 6.07) is 25.6. The van der Waals surface area contributed by atoms with Crippen LogP contribution in [-0.2, 0) is 13.1 Å². The molecule has 1 aliphatic rings. The van der Waals surface area contributed by atoms with Gasteiger partial charge in [-0.25, -0.2) is 4.79 Å². The first-order chi connectivity index (χ1) is 15.5. The predicted molar refractivity (Wildman–Crippen MR) is 130 cm³/mol. The van der Waals surface area contributed by atoms with Crippen molar-refractivity contribution in [3.05, 3.63) is 95.1 Å². The lowest BCUT2D eigenvalue weighted by molar-refractivity contribution is 0.142. The van der Waals surface area contributed by atoms with Crippen LogP contribution < -0.4 is 9.80 Å². The minimum atomic E-state index is -0.828. The van der Waals surface area contributed by atoms with E-state index in [0.29, 0.717) is 13.1 Å². The average Bonchev–Trinajstić information content (AvgIpc) is 2.82. The van der Waals surface area contributed by atoms with Crippen molar-refractivity contribution in [2.24, 2.45) is 0 Å². The summed E-state index contributed by atoms with van der Waals surface area (Å²) < 4.78 is 0. The van der Waals surface area contributed by atoms with Gasteiger partial charge in [-0.15, -0.1) is 0 Å². The van der Waals surface area contributed by atoms with Gasteiger partial charge in [-0.2, -0.15) is 0 Å². The number of carbonyl (C=O) groups is 1. The molecule has 0 spiro atoms. The second-order valence-corrected chi connectivity index (χ2v) is 8.44. The lowest BCUT2D eigenvalue weighted by atomic mass is 10.0. The molecule has 1 heterocycles. The van der Waals surface area contributed by atoms with Crippen molar-refractivity contribution in [3.63, 3.8) is 0 Å². The molecule has 0 unspecified atom stereocenters. The van der Waals surface area contributed by atoms with Crippen LogP contribution in [-0.4, -0.2) is 42.3 Å². The van der Waals surface area contributed by atoms with Gasteiger partial charge < -0.3 is 19.8 Å². The van der Waals surface area contributed by atoms with Crippen molar-refractivity contribution in [3.8, 4) is 0 Å². The van der Waals surface area contributed by atoms with Gasteiger partial charge in [0.05, 0.1) is 0 Å². The second kappa shape index (κ2) is 9.77. The fourth-order valence-electron chi connectivity index (χ4n) is 4.45. The van der Waals surface area contributed by atoms with Gasteiger partial charge in [0.1, 0.15) is 0 Å². The zero-order valence-corrected chi connectivity index (χ0v) is 18.9. The molecule has 4 rings (SSSR count). The number of hydrogen-bond donors (Lipinski definition) is 1. The summed E-state index contributed by atoms with van der Waals surface area (Å²) in [5.41, 5.74) is 7.55. The number of rotatable bonds is 6. The highest BCUT2D eigenvalue weighted by molar-refractivity contribution is 5.68. The van der Waals surface area contributed by atoms with E-state index < -0.39 is 6.09 Å². The van der Waals surface area contributed by atoms with Crippen LogP contribution in [0, 0.1) is 13.8 Å². The third-order valence-electron chi connectivity index (χ3n) is 6.39. The Morgan fingerprint density at radius 3 is 1.81 bits per heavy atom. The van der Waals surface area contributed by atoms with Gasteiger partial charge in [0.2, 0.25) is 0 Å². The summed E-state index contributed by atoms with van der Waals surface area (Å²) >= 11 is 0. The first-order valence-corrected chi connectivity index (χ1v) is 11.2. The van der Waals surface area contributed by atoms with E-state index in [1.165, 1.54) is 38.5 Å². The Bertz CT molecular complexity index is 1000. The fourth-order valence-corrected chi connectivity index (χ4v) is 4.45. The number of piperazine rings is 1. The monoisotopic (exact) mass is 429 g/mol. The van der Waals surface area contributed by atoms with Crippen LogP contribution in [0.5, 0.6) is 0 Å². The summed E-state index contributed by atoms with van der Waals surface area (Å²) in [6.45, 7) is 8.60. The molecule has 1 aliphatic heterocycles. The summed E-state index contributed by atoms with van der Waals surface area (Å²) in [5.74, 6) is 0. The van der Waals surface area contributed by atoms with Crippen molar-refractivity contribution < 1.29 is 9.90 Å². The highest BCUT2D eigenvalue weighted by Gasteiger charge is 2.23. The molecule has 1 amide bonds. The predicted octanol–water partition coefficient (Wildman–Crippen LogP) is 5.31. The maximum absolute atomic E-state index is 11.2. The Hall–Kier alpha value is -3.47. The quantitative estimate of drug-likeness (QED) is 0.577. The molecule has 5 heteroatoms. The molecule has 1 N–H and O–H groups in total. The smallest absolute Gasteiger partial charge is 0.407 e. The average molecular weight is 430 g/mol. The SMILES string of the molecule is Cc1c(N2CCN(C(=O)O)CC2)ccc(N(Cc2ccccc2)Cc2ccccc2)c1C. The van der Waals surface area contributed by atoms with Crippen LogP contribution in [0.1, 0.15) is 22.3 Å². The molecule has 32 heavy (non-hydrogen) atoms. The van der Waals surface area contributed by atoms with Gasteiger partial charge in [-0.05, 0) is 48.2 Å². The molecule has 1 fully saturated rings. The van der Waals surface area contributed by atoms with Crippen LogP contribution in [0.4, 0.5) is 16.2 Å². The van der Waals surface area contributed by atoms with Gasteiger partial charge in [-0.3, -0.25) is 0 Å². The number of amides is 1. The van der Waals surface area contributed by atoms with Crippen molar-refractivity contribution in [1.29, 1.82) is 0 Å². The maximum atomic E-state index is 11.2. The normalized spacial score (nSPS) is 13.8. The van der Waals surface area contributed by atoms with Gasteiger partial charge in [0.15, 0.2) is 0 Å². The standard InChI is InChI=1S/C27H31N3O2/c1-21-22(2)26(14-13-25(21)28-15-17-29(18-16-28)27(31)32)30(19-23-9-5-3-6-10-23)20-24-11-7-4-8-12-24/h3-14H,15-20H2,1-2H3,(H,31,32). The lowest BCUT2D eigenvalue weighted by Gasteiger charge is -2.36. The fraction of sp³-hybridized carbons (Fsp3) is 0.296. The van der Waals surface area contributed by atoms with Crippen molar-refractivity contribution in [2.45, 2.75) is 26.9 Å². The highest BCUT2D eigenvalue weighted by Crippen LogP contribution is 2.33. The third kappa shape index (κ3) is 4.88. The second-order valence-electron chi connectivity index (χ2n) is 8.44. The Morgan fingerprint density at radius 1 is 0.781 bits per heavy atom. The lowest BCUT2D eigenvalue weighted by Crippen LogP contribution is -2.48. The topological polar surface area (TPSA) is 47.0 Å². The largest absolute Gasteiger partial charge is 0.465 e. The van der Waals surface area contributed by atoms with Gasteiger partial charge >= 0.3 is 6.09 Å². The molecular formula is C27H31N3O2. The number of benzene rings is 3. The van der Waals surface area contributed by atoms with Crippen LogP contribution in [0.3, 0.4) is 0 Å². The zero-order valence-electron chi connectivity index (χ0n) is 18.9. The molecule has 5 nitrogen and oxygen atoms in total. The Balaban J connectivity index is 1.61. The van der Waals surface area contributed by atoms with Crippen molar-refractivity contribution >= 4 is 17.5 Å². The zero-order chi connectivity index (χ0) is 22.5. The Labute approximate surface area is 190 Å². The van der Waals surface area contributed by atoms with E-state index in [4.69, 9.17) is 0 Å². The first-order valence-electron chi connectivity index (χ1n) is 11.2. The highest BCUT2D eigenvalue weighted by atomic mass is 16.4. The van der Waals surface area contributed by atoms with E-state index >= 15 is 0 Å². The van der Waals surface area contributed by atoms with Crippen LogP contribution >= 0.6 is 0 Å². The molecule has 166 valence electrons. The summed E-state index contributed by atoms with van der Waals surface area (Å²) in [5, 5.41) is 9.24. The Kier molecular flexibility index (Phi) is 6.64. The van der Waals surface area contributed by atoms with Crippen LogP contribution in [0.2, 0.25) is 0 Å². The third-order valence-corrected chi connectivity index (χ3v) is 6.39. The van der Waals surface area contributed by atoms with E-state index in [0.717, 1.165) is 26.2 Å². The number of nitrogens with zero attached hydrogens (tertiary/aromatic N) is 3. The first kappa shape index (κ1) is 21.8.